The minimum absolute atomic E-state index is 0.164. The Bertz CT molecular complexity index is 447. The predicted octanol–water partition coefficient (Wildman–Crippen LogP) is 6.35. The summed E-state index contributed by atoms with van der Waals surface area (Å²) in [7, 11) is 0. The highest BCUT2D eigenvalue weighted by Crippen LogP contribution is 2.14. The molecule has 0 radical (unpaired) electrons. The number of unbranched alkanes of at least 4 members (excludes halogenated alkanes) is 9. The Morgan fingerprint density at radius 3 is 1.83 bits per heavy atom. The molecule has 1 atom stereocenters. The van der Waals surface area contributed by atoms with Crippen LogP contribution in [0.25, 0.3) is 0 Å². The number of carbonyl (C=O) groups is 1. The fourth-order valence-electron chi connectivity index (χ4n) is 2.84. The van der Waals surface area contributed by atoms with Crippen molar-refractivity contribution in [2.45, 2.75) is 82.4 Å². The molecule has 0 spiro atoms. The van der Waals surface area contributed by atoms with Crippen molar-refractivity contribution in [2.24, 2.45) is 0 Å². The Balaban J connectivity index is 1.82. The molecular formula is C20H30ClFO2. The molecule has 0 bridgehead atoms. The first-order valence-corrected chi connectivity index (χ1v) is 9.64. The average Bonchev–Trinajstić information content (AvgIpc) is 2.57. The van der Waals surface area contributed by atoms with Crippen LogP contribution in [0.15, 0.2) is 24.3 Å². The molecule has 0 fully saturated rings. The van der Waals surface area contributed by atoms with Gasteiger partial charge in [0.05, 0.1) is 0 Å². The number of halogens is 2. The molecule has 1 N–H and O–H groups in total. The second-order valence-corrected chi connectivity index (χ2v) is 7.03. The summed E-state index contributed by atoms with van der Waals surface area (Å²) >= 11 is 5.67. The Morgan fingerprint density at radius 1 is 0.875 bits per heavy atom. The van der Waals surface area contributed by atoms with E-state index in [1.807, 2.05) is 12.1 Å². The van der Waals surface area contributed by atoms with E-state index >= 15 is 0 Å². The van der Waals surface area contributed by atoms with E-state index in [0.717, 1.165) is 19.3 Å². The van der Waals surface area contributed by atoms with Gasteiger partial charge in [0, 0.05) is 0 Å². The first-order chi connectivity index (χ1) is 11.6. The fourth-order valence-corrected chi connectivity index (χ4v) is 3.00. The second kappa shape index (κ2) is 13.2. The standard InChI is InChI=1S/C20H30ClFO2/c21-19(20(23)24)12-10-8-6-4-2-1-3-5-7-9-11-17-13-15-18(22)16-14-17/h13-16,19H,1-12H2,(H,23,24). The van der Waals surface area contributed by atoms with E-state index in [1.54, 1.807) is 0 Å². The van der Waals surface area contributed by atoms with Gasteiger partial charge in [-0.3, -0.25) is 4.79 Å². The molecule has 1 aromatic carbocycles. The molecule has 1 aromatic rings. The molecule has 24 heavy (non-hydrogen) atoms. The highest BCUT2D eigenvalue weighted by molar-refractivity contribution is 6.29. The van der Waals surface area contributed by atoms with Crippen molar-refractivity contribution in [3.05, 3.63) is 35.6 Å². The van der Waals surface area contributed by atoms with Gasteiger partial charge < -0.3 is 5.11 Å². The van der Waals surface area contributed by atoms with Crippen molar-refractivity contribution in [3.63, 3.8) is 0 Å². The van der Waals surface area contributed by atoms with Crippen LogP contribution in [-0.4, -0.2) is 16.5 Å². The molecule has 0 heterocycles. The van der Waals surface area contributed by atoms with Crippen LogP contribution >= 0.6 is 11.6 Å². The molecule has 0 aliphatic carbocycles. The number of benzene rings is 1. The summed E-state index contributed by atoms with van der Waals surface area (Å²) in [5.74, 6) is -1.07. The smallest absolute Gasteiger partial charge is 0.321 e. The maximum atomic E-state index is 12.8. The topological polar surface area (TPSA) is 37.3 Å². The van der Waals surface area contributed by atoms with Gasteiger partial charge in [0.1, 0.15) is 11.2 Å². The summed E-state index contributed by atoms with van der Waals surface area (Å²) in [6.45, 7) is 0. The lowest BCUT2D eigenvalue weighted by Crippen LogP contribution is -2.12. The van der Waals surface area contributed by atoms with Crippen LogP contribution in [0.3, 0.4) is 0 Å². The predicted molar refractivity (Wildman–Crippen MR) is 98.2 cm³/mol. The maximum Gasteiger partial charge on any atom is 0.321 e. The number of carboxylic acids is 1. The van der Waals surface area contributed by atoms with Crippen LogP contribution in [0.1, 0.15) is 76.2 Å². The molecule has 0 saturated heterocycles. The Morgan fingerprint density at radius 2 is 1.33 bits per heavy atom. The van der Waals surface area contributed by atoms with Crippen molar-refractivity contribution >= 4 is 17.6 Å². The number of carboxylic acid groups (broad SMARTS) is 1. The third-order valence-corrected chi connectivity index (χ3v) is 4.76. The summed E-state index contributed by atoms with van der Waals surface area (Å²) < 4.78 is 12.8. The van der Waals surface area contributed by atoms with Crippen LogP contribution in [-0.2, 0) is 11.2 Å². The molecule has 1 rings (SSSR count). The van der Waals surface area contributed by atoms with E-state index in [4.69, 9.17) is 16.7 Å². The molecule has 1 unspecified atom stereocenters. The minimum atomic E-state index is -0.906. The van der Waals surface area contributed by atoms with E-state index in [0.29, 0.717) is 6.42 Å². The van der Waals surface area contributed by atoms with Gasteiger partial charge in [-0.15, -0.1) is 11.6 Å². The Kier molecular flexibility index (Phi) is 11.5. The number of aryl methyl sites for hydroxylation is 1. The lowest BCUT2D eigenvalue weighted by atomic mass is 10.0. The molecule has 0 aliphatic rings. The lowest BCUT2D eigenvalue weighted by molar-refractivity contribution is -0.136. The van der Waals surface area contributed by atoms with Gasteiger partial charge in [0.15, 0.2) is 0 Å². The number of rotatable bonds is 14. The quantitative estimate of drug-likeness (QED) is 0.311. The van der Waals surface area contributed by atoms with Gasteiger partial charge in [0.25, 0.3) is 0 Å². The van der Waals surface area contributed by atoms with Crippen molar-refractivity contribution in [1.29, 1.82) is 0 Å². The van der Waals surface area contributed by atoms with Crippen LogP contribution in [0.2, 0.25) is 0 Å². The summed E-state index contributed by atoms with van der Waals surface area (Å²) in [6, 6.07) is 6.81. The van der Waals surface area contributed by atoms with E-state index in [2.05, 4.69) is 0 Å². The zero-order chi connectivity index (χ0) is 17.6. The minimum Gasteiger partial charge on any atom is -0.480 e. The average molecular weight is 357 g/mol. The van der Waals surface area contributed by atoms with Crippen LogP contribution < -0.4 is 0 Å². The summed E-state index contributed by atoms with van der Waals surface area (Å²) in [4.78, 5) is 10.6. The monoisotopic (exact) mass is 356 g/mol. The summed E-state index contributed by atoms with van der Waals surface area (Å²) in [6.07, 6.45) is 13.5. The molecule has 136 valence electrons. The molecule has 0 aliphatic heterocycles. The van der Waals surface area contributed by atoms with Crippen LogP contribution in [0.4, 0.5) is 4.39 Å². The van der Waals surface area contributed by atoms with Gasteiger partial charge >= 0.3 is 5.97 Å². The van der Waals surface area contributed by atoms with Crippen molar-refractivity contribution in [2.75, 3.05) is 0 Å². The van der Waals surface area contributed by atoms with Gasteiger partial charge in [-0.05, 0) is 37.0 Å². The third-order valence-electron chi connectivity index (χ3n) is 4.35. The van der Waals surface area contributed by atoms with Crippen LogP contribution in [0.5, 0.6) is 0 Å². The molecule has 0 amide bonds. The molecule has 0 saturated carbocycles. The van der Waals surface area contributed by atoms with E-state index in [1.165, 1.54) is 69.1 Å². The highest BCUT2D eigenvalue weighted by atomic mass is 35.5. The number of hydrogen-bond acceptors (Lipinski definition) is 1. The summed E-state index contributed by atoms with van der Waals surface area (Å²) in [5.41, 5.74) is 1.22. The highest BCUT2D eigenvalue weighted by Gasteiger charge is 2.11. The zero-order valence-electron chi connectivity index (χ0n) is 14.5. The number of alkyl halides is 1. The second-order valence-electron chi connectivity index (χ2n) is 6.51. The van der Waals surface area contributed by atoms with Gasteiger partial charge in [-0.2, -0.15) is 0 Å². The number of aliphatic carboxylic acids is 1. The van der Waals surface area contributed by atoms with Crippen molar-refractivity contribution in [1.82, 2.24) is 0 Å². The van der Waals surface area contributed by atoms with Crippen molar-refractivity contribution in [3.8, 4) is 0 Å². The van der Waals surface area contributed by atoms with E-state index in [-0.39, 0.29) is 5.82 Å². The van der Waals surface area contributed by atoms with E-state index < -0.39 is 11.3 Å². The van der Waals surface area contributed by atoms with Gasteiger partial charge in [-0.25, -0.2) is 4.39 Å². The Labute approximate surface area is 150 Å². The molecule has 4 heteroatoms. The van der Waals surface area contributed by atoms with Crippen molar-refractivity contribution < 1.29 is 14.3 Å². The van der Waals surface area contributed by atoms with Gasteiger partial charge in [-0.1, -0.05) is 69.9 Å². The normalized spacial score (nSPS) is 12.2. The molecule has 0 aromatic heterocycles. The zero-order valence-corrected chi connectivity index (χ0v) is 15.2. The van der Waals surface area contributed by atoms with Crippen LogP contribution in [0, 0.1) is 5.82 Å². The molecular weight excluding hydrogens is 327 g/mol. The largest absolute Gasteiger partial charge is 0.480 e. The molecule has 2 nitrogen and oxygen atoms in total. The number of hydrogen-bond donors (Lipinski definition) is 1. The van der Waals surface area contributed by atoms with Gasteiger partial charge in [0.2, 0.25) is 0 Å². The third kappa shape index (κ3) is 10.6. The Hall–Kier alpha value is -1.09. The first-order valence-electron chi connectivity index (χ1n) is 9.21. The maximum absolute atomic E-state index is 12.8. The first kappa shape index (κ1) is 21.0. The fraction of sp³-hybridized carbons (Fsp3) is 0.650. The lowest BCUT2D eigenvalue weighted by Gasteiger charge is -2.05. The van der Waals surface area contributed by atoms with E-state index in [9.17, 15) is 9.18 Å². The summed E-state index contributed by atoms with van der Waals surface area (Å²) in [5, 5.41) is 7.95. The SMILES string of the molecule is O=C(O)C(Cl)CCCCCCCCCCCCc1ccc(F)cc1.